The van der Waals surface area contributed by atoms with Crippen LogP contribution in [0, 0.1) is 0 Å². The highest BCUT2D eigenvalue weighted by Gasteiger charge is 2.17. The molecule has 1 nitrogen and oxygen atoms in total. The molecule has 0 aliphatic carbocycles. The van der Waals surface area contributed by atoms with Crippen molar-refractivity contribution in [2.75, 3.05) is 4.90 Å². The van der Waals surface area contributed by atoms with E-state index in [1.54, 1.807) is 12.1 Å². The Kier molecular flexibility index (Phi) is 8.26. The van der Waals surface area contributed by atoms with Gasteiger partial charge >= 0.3 is 0 Å². The maximum Gasteiger partial charge on any atom is 0.0645 e. The van der Waals surface area contributed by atoms with E-state index in [4.69, 9.17) is 0 Å². The van der Waals surface area contributed by atoms with Crippen molar-refractivity contribution in [1.82, 2.24) is 0 Å². The molecule has 0 aliphatic rings. The van der Waals surface area contributed by atoms with Gasteiger partial charge in [-0.05, 0) is 148 Å². The lowest BCUT2D eigenvalue weighted by atomic mass is 9.89. The van der Waals surface area contributed by atoms with Crippen LogP contribution in [0.4, 0.5) is 17.1 Å². The van der Waals surface area contributed by atoms with Crippen molar-refractivity contribution < 1.29 is 11.0 Å². The van der Waals surface area contributed by atoms with Gasteiger partial charge in [-0.3, -0.25) is 0 Å². The zero-order valence-corrected chi connectivity index (χ0v) is 36.3. The maximum atomic E-state index is 9.89. The van der Waals surface area contributed by atoms with E-state index in [0.29, 0.717) is 16.8 Å². The lowest BCUT2D eigenvalue weighted by molar-refractivity contribution is 1.28. The summed E-state index contributed by atoms with van der Waals surface area (Å²) < 4.78 is 78.0. The molecule has 0 unspecified atom stereocenters. The van der Waals surface area contributed by atoms with Crippen LogP contribution in [0.1, 0.15) is 11.0 Å². The minimum atomic E-state index is -0.407. The second kappa shape index (κ2) is 17.3. The quantitative estimate of drug-likeness (QED) is 0.140. The van der Waals surface area contributed by atoms with E-state index in [1.165, 1.54) is 4.90 Å². The molecule has 0 N–H and O–H groups in total. The van der Waals surface area contributed by atoms with Gasteiger partial charge in [0.25, 0.3) is 0 Å². The highest BCUT2D eigenvalue weighted by atomic mass is 15.1. The molecule has 0 amide bonds. The van der Waals surface area contributed by atoms with Crippen molar-refractivity contribution in [3.05, 3.63) is 273 Å². The summed E-state index contributed by atoms with van der Waals surface area (Å²) in [6.45, 7) is 0. The summed E-state index contributed by atoms with van der Waals surface area (Å²) in [7, 11) is 0. The van der Waals surface area contributed by atoms with E-state index in [1.807, 2.05) is 146 Å². The largest absolute Gasteiger partial charge is 0.311 e. The molecule has 0 spiro atoms. The fraction of sp³-hybridized carbons (Fsp3) is 0. The van der Waals surface area contributed by atoms with Crippen molar-refractivity contribution in [1.29, 1.82) is 0 Å². The average molecular weight is 860 g/mol. The summed E-state index contributed by atoms with van der Waals surface area (Å²) in [6.07, 6.45) is 0. The lowest BCUT2D eigenvalue weighted by Crippen LogP contribution is -2.09. The molecule has 12 aromatic rings. The smallest absolute Gasteiger partial charge is 0.0645 e. The highest BCUT2D eigenvalue weighted by molar-refractivity contribution is 6.04. The third-order valence-electron chi connectivity index (χ3n) is 12.6. The van der Waals surface area contributed by atoms with Gasteiger partial charge in [-0.25, -0.2) is 0 Å². The molecule has 12 aromatic carbocycles. The molecule has 0 heterocycles. The molecular formula is C66H45N. The van der Waals surface area contributed by atoms with Crippen molar-refractivity contribution in [2.24, 2.45) is 0 Å². The number of anilines is 3. The van der Waals surface area contributed by atoms with Gasteiger partial charge < -0.3 is 4.90 Å². The van der Waals surface area contributed by atoms with Crippen LogP contribution in [0.5, 0.6) is 0 Å². The Balaban J connectivity index is 1.02. The Morgan fingerprint density at radius 1 is 0.239 bits per heavy atom. The monoisotopic (exact) mass is 859 g/mol. The van der Waals surface area contributed by atoms with E-state index in [9.17, 15) is 11.0 Å². The maximum absolute atomic E-state index is 9.89. The fourth-order valence-corrected chi connectivity index (χ4v) is 9.22. The van der Waals surface area contributed by atoms with Gasteiger partial charge in [-0.2, -0.15) is 0 Å². The first-order valence-electron chi connectivity index (χ1n) is 26.4. The van der Waals surface area contributed by atoms with Gasteiger partial charge in [-0.15, -0.1) is 0 Å². The number of benzene rings is 12. The number of hydrogen-bond acceptors (Lipinski definition) is 1. The summed E-state index contributed by atoms with van der Waals surface area (Å²) in [5, 5.41) is 6.09. The zero-order chi connectivity index (χ0) is 51.5. The number of hydrogen-bond donors (Lipinski definition) is 0. The predicted molar refractivity (Wildman–Crippen MR) is 286 cm³/mol. The molecule has 12 rings (SSSR count). The average Bonchev–Trinajstić information content (AvgIpc) is 3.46. The third-order valence-corrected chi connectivity index (χ3v) is 12.6. The van der Waals surface area contributed by atoms with Gasteiger partial charge in [0.05, 0.1) is 11.0 Å². The van der Waals surface area contributed by atoms with Crippen LogP contribution in [0.15, 0.2) is 273 Å². The molecule has 0 saturated carbocycles. The fourth-order valence-electron chi connectivity index (χ4n) is 9.22. The molecule has 314 valence electrons. The minimum absolute atomic E-state index is 0.0964. The molecular weight excluding hydrogens is 807 g/mol. The Morgan fingerprint density at radius 3 is 1.43 bits per heavy atom. The summed E-state index contributed by atoms with van der Waals surface area (Å²) in [5.74, 6) is 0. The summed E-state index contributed by atoms with van der Waals surface area (Å²) >= 11 is 0. The van der Waals surface area contributed by atoms with E-state index >= 15 is 0 Å². The summed E-state index contributed by atoms with van der Waals surface area (Å²) in [6, 6.07) is 70.3. The number of fused-ring (bicyclic) bond motifs is 3. The Bertz CT molecular complexity index is 4150. The third kappa shape index (κ3) is 7.73. The van der Waals surface area contributed by atoms with Crippen LogP contribution in [0.25, 0.3) is 99.1 Å². The van der Waals surface area contributed by atoms with Gasteiger partial charge in [-0.1, -0.05) is 224 Å². The SMILES string of the molecule is [2H]c1c([2H])c(N(c2ccc(-c3cccc(-c4ccc5ccccc5c4)c3)cc2)c2c([2H])c([2H])c(-c3c(-c4ccccc4)ccc4ccccc34)c([2H])c2[2H])c([2H])c([2H])c1-c1ccc(-c2cccc3ccccc23)cc1. The molecule has 0 radical (unpaired) electrons. The lowest BCUT2D eigenvalue weighted by Gasteiger charge is -2.26. The van der Waals surface area contributed by atoms with Crippen LogP contribution >= 0.6 is 0 Å². The van der Waals surface area contributed by atoms with Crippen molar-refractivity contribution in [3.8, 4) is 66.8 Å². The molecule has 0 saturated heterocycles. The van der Waals surface area contributed by atoms with E-state index < -0.39 is 24.2 Å². The number of rotatable bonds is 9. The van der Waals surface area contributed by atoms with Crippen molar-refractivity contribution >= 4 is 49.4 Å². The van der Waals surface area contributed by atoms with Crippen LogP contribution in [-0.4, -0.2) is 0 Å². The molecule has 0 atom stereocenters. The Morgan fingerprint density at radius 2 is 0.701 bits per heavy atom. The van der Waals surface area contributed by atoms with Crippen LogP contribution in [-0.2, 0) is 0 Å². The zero-order valence-electron chi connectivity index (χ0n) is 44.3. The topological polar surface area (TPSA) is 3.24 Å². The Hall–Kier alpha value is -8.78. The van der Waals surface area contributed by atoms with Gasteiger partial charge in [0.2, 0.25) is 0 Å². The summed E-state index contributed by atoms with van der Waals surface area (Å²) in [4.78, 5) is 1.37. The molecule has 0 fully saturated rings. The summed E-state index contributed by atoms with van der Waals surface area (Å²) in [5.41, 5.74) is 8.54. The minimum Gasteiger partial charge on any atom is -0.311 e. The standard InChI is InChI=1S/C66H45N/c1-2-13-51(14-3-1)65-43-36-52-16-7-9-22-64(52)66(65)54-34-41-61(42-35-54)67(59-37-30-48(31-38-59)47-24-27-53(28-25-47)63-23-11-18-50-15-6-8-21-62(50)63)60-39-32-49(33-40-60)56-19-10-20-57(44-56)58-29-26-46-12-4-5-17-55(46)45-58/h1-45H/i30D,31D,34D,35D,37D,38D,41D,42D. The second-order valence-corrected chi connectivity index (χ2v) is 16.7. The molecule has 0 bridgehead atoms. The Labute approximate surface area is 403 Å². The van der Waals surface area contributed by atoms with Crippen LogP contribution < -0.4 is 4.90 Å². The molecule has 0 aliphatic heterocycles. The van der Waals surface area contributed by atoms with Gasteiger partial charge in [0.1, 0.15) is 0 Å². The van der Waals surface area contributed by atoms with Crippen LogP contribution in [0.3, 0.4) is 0 Å². The molecule has 0 aromatic heterocycles. The van der Waals surface area contributed by atoms with E-state index in [2.05, 4.69) is 66.7 Å². The predicted octanol–water partition coefficient (Wildman–Crippen LogP) is 18.6. The first-order valence-corrected chi connectivity index (χ1v) is 22.4. The first kappa shape index (κ1) is 32.0. The molecule has 67 heavy (non-hydrogen) atoms. The van der Waals surface area contributed by atoms with E-state index in [-0.39, 0.29) is 46.7 Å². The van der Waals surface area contributed by atoms with Gasteiger partial charge in [0, 0.05) is 17.1 Å². The van der Waals surface area contributed by atoms with Gasteiger partial charge in [0.15, 0.2) is 0 Å². The van der Waals surface area contributed by atoms with Crippen LogP contribution in [0.2, 0.25) is 0 Å². The van der Waals surface area contributed by atoms with Crippen molar-refractivity contribution in [2.45, 2.75) is 0 Å². The second-order valence-electron chi connectivity index (χ2n) is 16.7. The highest BCUT2D eigenvalue weighted by Crippen LogP contribution is 2.42. The molecule has 1 heteroatoms. The number of nitrogens with zero attached hydrogens (tertiary/aromatic N) is 1. The van der Waals surface area contributed by atoms with E-state index in [0.717, 1.165) is 76.8 Å². The first-order chi connectivity index (χ1) is 36.5. The van der Waals surface area contributed by atoms with Crippen molar-refractivity contribution in [3.63, 3.8) is 0 Å². The normalized spacial score (nSPS) is 13.0.